The Morgan fingerprint density at radius 1 is 1.05 bits per heavy atom. The Kier molecular flexibility index (Phi) is 3.11. The first-order valence-electron chi connectivity index (χ1n) is 5.72. The highest BCUT2D eigenvalue weighted by Gasteiger charge is 2.08. The SMILES string of the molecule is O=C(Nc1cnc(-n2cccn2)nc1)c1cnccn1. The van der Waals surface area contributed by atoms with Gasteiger partial charge in [0, 0.05) is 24.8 Å². The molecule has 8 heteroatoms. The van der Waals surface area contributed by atoms with E-state index in [1.54, 1.807) is 18.5 Å². The molecule has 3 aromatic heterocycles. The molecule has 98 valence electrons. The molecule has 0 aliphatic carbocycles. The molecule has 0 fully saturated rings. The molecule has 1 N–H and O–H groups in total. The molecule has 0 aliphatic heterocycles. The van der Waals surface area contributed by atoms with Crippen molar-refractivity contribution in [2.75, 3.05) is 5.32 Å². The molecule has 0 aromatic carbocycles. The monoisotopic (exact) mass is 267 g/mol. The average Bonchev–Trinajstić information content (AvgIpc) is 3.03. The van der Waals surface area contributed by atoms with Crippen LogP contribution in [0.3, 0.4) is 0 Å². The number of rotatable bonds is 3. The van der Waals surface area contributed by atoms with Gasteiger partial charge >= 0.3 is 0 Å². The maximum absolute atomic E-state index is 11.8. The highest BCUT2D eigenvalue weighted by atomic mass is 16.1. The largest absolute Gasteiger partial charge is 0.318 e. The highest BCUT2D eigenvalue weighted by molar-refractivity contribution is 6.02. The number of aromatic nitrogens is 6. The third-order valence-corrected chi connectivity index (χ3v) is 2.40. The Morgan fingerprint density at radius 3 is 2.55 bits per heavy atom. The standard InChI is InChI=1S/C12H9N7O/c20-11(10-8-13-3-4-14-10)18-9-6-15-12(16-7-9)19-5-1-2-17-19/h1-8H,(H,18,20). The normalized spacial score (nSPS) is 10.2. The van der Waals surface area contributed by atoms with Crippen molar-refractivity contribution in [3.63, 3.8) is 0 Å². The molecule has 20 heavy (non-hydrogen) atoms. The number of hydrogen-bond acceptors (Lipinski definition) is 6. The second-order valence-electron chi connectivity index (χ2n) is 3.77. The van der Waals surface area contributed by atoms with Crippen molar-refractivity contribution in [3.8, 4) is 5.95 Å². The Morgan fingerprint density at radius 2 is 1.90 bits per heavy atom. The molecule has 0 radical (unpaired) electrons. The second-order valence-corrected chi connectivity index (χ2v) is 3.77. The van der Waals surface area contributed by atoms with Crippen LogP contribution in [-0.2, 0) is 0 Å². The second kappa shape index (κ2) is 5.22. The molecular weight excluding hydrogens is 258 g/mol. The van der Waals surface area contributed by atoms with E-state index in [1.807, 2.05) is 0 Å². The quantitative estimate of drug-likeness (QED) is 0.750. The molecule has 0 saturated heterocycles. The summed E-state index contributed by atoms with van der Waals surface area (Å²) in [6.45, 7) is 0. The van der Waals surface area contributed by atoms with Crippen LogP contribution >= 0.6 is 0 Å². The van der Waals surface area contributed by atoms with E-state index in [0.29, 0.717) is 11.6 Å². The molecular formula is C12H9N7O. The van der Waals surface area contributed by atoms with Crippen molar-refractivity contribution in [1.82, 2.24) is 29.7 Å². The lowest BCUT2D eigenvalue weighted by atomic mass is 10.4. The molecule has 0 aliphatic rings. The Balaban J connectivity index is 1.74. The summed E-state index contributed by atoms with van der Waals surface area (Å²) in [5.74, 6) is 0.0565. The summed E-state index contributed by atoms with van der Waals surface area (Å²) in [6, 6.07) is 1.77. The molecule has 0 atom stereocenters. The lowest BCUT2D eigenvalue weighted by molar-refractivity contribution is 0.102. The van der Waals surface area contributed by atoms with Crippen LogP contribution in [0.1, 0.15) is 10.5 Å². The first-order chi connectivity index (χ1) is 9.83. The average molecular weight is 267 g/mol. The summed E-state index contributed by atoms with van der Waals surface area (Å²) in [6.07, 6.45) is 10.7. The maximum atomic E-state index is 11.8. The van der Waals surface area contributed by atoms with Crippen molar-refractivity contribution >= 4 is 11.6 Å². The van der Waals surface area contributed by atoms with Gasteiger partial charge in [0.2, 0.25) is 0 Å². The fourth-order valence-corrected chi connectivity index (χ4v) is 1.50. The molecule has 3 aromatic rings. The topological polar surface area (TPSA) is 98.5 Å². The minimum Gasteiger partial charge on any atom is -0.318 e. The van der Waals surface area contributed by atoms with Crippen LogP contribution in [-0.4, -0.2) is 35.6 Å². The number of amides is 1. The molecule has 0 unspecified atom stereocenters. The van der Waals surface area contributed by atoms with E-state index < -0.39 is 0 Å². The van der Waals surface area contributed by atoms with Gasteiger partial charge < -0.3 is 5.32 Å². The Labute approximate surface area is 113 Å². The maximum Gasteiger partial charge on any atom is 0.275 e. The van der Waals surface area contributed by atoms with Crippen LogP contribution in [0.5, 0.6) is 0 Å². The van der Waals surface area contributed by atoms with Crippen molar-refractivity contribution < 1.29 is 4.79 Å². The smallest absolute Gasteiger partial charge is 0.275 e. The minimum atomic E-state index is -0.367. The van der Waals surface area contributed by atoms with Crippen LogP contribution in [0, 0.1) is 0 Å². The van der Waals surface area contributed by atoms with Gasteiger partial charge in [0.05, 0.1) is 24.3 Å². The van der Waals surface area contributed by atoms with Gasteiger partial charge in [0.15, 0.2) is 0 Å². The van der Waals surface area contributed by atoms with Crippen LogP contribution in [0.2, 0.25) is 0 Å². The Hall–Kier alpha value is -3.16. The highest BCUT2D eigenvalue weighted by Crippen LogP contribution is 2.06. The summed E-state index contributed by atoms with van der Waals surface area (Å²) in [5, 5.41) is 6.65. The number of anilines is 1. The van der Waals surface area contributed by atoms with Crippen molar-refractivity contribution in [2.24, 2.45) is 0 Å². The number of carbonyl (C=O) groups excluding carboxylic acids is 1. The van der Waals surface area contributed by atoms with E-state index in [2.05, 4.69) is 30.4 Å². The summed E-state index contributed by atoms with van der Waals surface area (Å²) < 4.78 is 1.52. The zero-order valence-electron chi connectivity index (χ0n) is 10.2. The molecule has 8 nitrogen and oxygen atoms in total. The third kappa shape index (κ3) is 2.48. The van der Waals surface area contributed by atoms with E-state index in [9.17, 15) is 4.79 Å². The summed E-state index contributed by atoms with van der Waals surface area (Å²) >= 11 is 0. The number of carbonyl (C=O) groups is 1. The molecule has 1 amide bonds. The number of hydrogen-bond donors (Lipinski definition) is 1. The molecule has 0 bridgehead atoms. The van der Waals surface area contributed by atoms with Gasteiger partial charge in [-0.1, -0.05) is 0 Å². The lowest BCUT2D eigenvalue weighted by Crippen LogP contribution is -2.14. The van der Waals surface area contributed by atoms with E-state index in [-0.39, 0.29) is 11.6 Å². The Bertz CT molecular complexity index is 694. The molecule has 3 rings (SSSR count). The van der Waals surface area contributed by atoms with Gasteiger partial charge in [-0.2, -0.15) is 5.10 Å². The molecule has 3 heterocycles. The lowest BCUT2D eigenvalue weighted by Gasteiger charge is -2.04. The van der Waals surface area contributed by atoms with Crippen LogP contribution < -0.4 is 5.32 Å². The van der Waals surface area contributed by atoms with E-state index in [0.717, 1.165) is 0 Å². The first kappa shape index (κ1) is 11.9. The van der Waals surface area contributed by atoms with Gasteiger partial charge in [-0.3, -0.25) is 9.78 Å². The fourth-order valence-electron chi connectivity index (χ4n) is 1.50. The summed E-state index contributed by atoms with van der Waals surface area (Å²) in [7, 11) is 0. The molecule has 0 spiro atoms. The van der Waals surface area contributed by atoms with Gasteiger partial charge in [-0.25, -0.2) is 19.6 Å². The van der Waals surface area contributed by atoms with E-state index >= 15 is 0 Å². The van der Waals surface area contributed by atoms with Crippen molar-refractivity contribution in [1.29, 1.82) is 0 Å². The zero-order chi connectivity index (χ0) is 13.8. The fraction of sp³-hybridized carbons (Fsp3) is 0. The van der Waals surface area contributed by atoms with Crippen LogP contribution in [0.15, 0.2) is 49.4 Å². The van der Waals surface area contributed by atoms with Gasteiger partial charge in [-0.15, -0.1) is 0 Å². The first-order valence-corrected chi connectivity index (χ1v) is 5.72. The van der Waals surface area contributed by atoms with Gasteiger partial charge in [0.1, 0.15) is 5.69 Å². The third-order valence-electron chi connectivity index (χ3n) is 2.40. The minimum absolute atomic E-state index is 0.226. The van der Waals surface area contributed by atoms with Crippen LogP contribution in [0.4, 0.5) is 5.69 Å². The summed E-state index contributed by atoms with van der Waals surface area (Å²) in [4.78, 5) is 27.8. The van der Waals surface area contributed by atoms with Crippen LogP contribution in [0.25, 0.3) is 5.95 Å². The molecule has 0 saturated carbocycles. The van der Waals surface area contributed by atoms with E-state index in [1.165, 1.54) is 35.7 Å². The van der Waals surface area contributed by atoms with E-state index in [4.69, 9.17) is 0 Å². The number of nitrogens with one attached hydrogen (secondary N) is 1. The van der Waals surface area contributed by atoms with Gasteiger partial charge in [-0.05, 0) is 6.07 Å². The predicted molar refractivity (Wildman–Crippen MR) is 69.1 cm³/mol. The zero-order valence-corrected chi connectivity index (χ0v) is 10.2. The van der Waals surface area contributed by atoms with Gasteiger partial charge in [0.25, 0.3) is 11.9 Å². The predicted octanol–water partition coefficient (Wildman–Crippen LogP) is 0.705. The number of nitrogens with zero attached hydrogens (tertiary/aromatic N) is 6. The van der Waals surface area contributed by atoms with Crippen molar-refractivity contribution in [2.45, 2.75) is 0 Å². The van der Waals surface area contributed by atoms with Crippen molar-refractivity contribution in [3.05, 3.63) is 55.1 Å². The summed E-state index contributed by atoms with van der Waals surface area (Å²) in [5.41, 5.74) is 0.695.